The molecule has 2 aliphatic rings. The van der Waals surface area contributed by atoms with Crippen molar-refractivity contribution in [3.63, 3.8) is 0 Å². The highest BCUT2D eigenvalue weighted by Gasteiger charge is 2.33. The summed E-state index contributed by atoms with van der Waals surface area (Å²) in [7, 11) is 0. The van der Waals surface area contributed by atoms with Gasteiger partial charge < -0.3 is 15.5 Å². The van der Waals surface area contributed by atoms with Gasteiger partial charge in [0.1, 0.15) is 0 Å². The van der Waals surface area contributed by atoms with Gasteiger partial charge in [-0.15, -0.1) is 0 Å². The van der Waals surface area contributed by atoms with Crippen LogP contribution in [0.3, 0.4) is 0 Å². The molecule has 1 unspecified atom stereocenters. The van der Waals surface area contributed by atoms with E-state index < -0.39 is 0 Å². The topological polar surface area (TPSA) is 61.4 Å². The number of carbonyl (C=O) groups is 2. The van der Waals surface area contributed by atoms with Crippen molar-refractivity contribution in [1.82, 2.24) is 10.2 Å². The number of piperazine rings is 1. The van der Waals surface area contributed by atoms with Gasteiger partial charge in [-0.05, 0) is 11.6 Å². The van der Waals surface area contributed by atoms with Gasteiger partial charge in [-0.2, -0.15) is 0 Å². The fraction of sp³-hybridized carbons (Fsp3) is 0.385. The predicted molar refractivity (Wildman–Crippen MR) is 67.3 cm³/mol. The van der Waals surface area contributed by atoms with E-state index in [0.29, 0.717) is 19.6 Å². The summed E-state index contributed by atoms with van der Waals surface area (Å²) in [6.45, 7) is 1.95. The molecule has 1 fully saturated rings. The molecular formula is C13H15N3O2. The van der Waals surface area contributed by atoms with Gasteiger partial charge in [0.15, 0.2) is 0 Å². The van der Waals surface area contributed by atoms with Crippen LogP contribution in [0.5, 0.6) is 0 Å². The van der Waals surface area contributed by atoms with Crippen LogP contribution in [0, 0.1) is 0 Å². The van der Waals surface area contributed by atoms with Crippen molar-refractivity contribution in [2.24, 2.45) is 0 Å². The largest absolute Gasteiger partial charge is 0.384 e. The van der Waals surface area contributed by atoms with E-state index in [1.54, 1.807) is 4.90 Å². The van der Waals surface area contributed by atoms with Crippen LogP contribution in [0.25, 0.3) is 0 Å². The third-order valence-electron chi connectivity index (χ3n) is 3.48. The normalized spacial score (nSPS) is 22.1. The van der Waals surface area contributed by atoms with Gasteiger partial charge in [-0.25, -0.2) is 0 Å². The Balaban J connectivity index is 1.80. The van der Waals surface area contributed by atoms with Crippen LogP contribution in [0.1, 0.15) is 11.5 Å². The molecule has 2 N–H and O–H groups in total. The molecule has 1 saturated heterocycles. The zero-order valence-corrected chi connectivity index (χ0v) is 9.98. The first-order valence-corrected chi connectivity index (χ1v) is 6.14. The molecule has 1 atom stereocenters. The van der Waals surface area contributed by atoms with E-state index in [1.165, 1.54) is 0 Å². The second kappa shape index (κ2) is 4.33. The molecule has 1 aromatic rings. The second-order valence-electron chi connectivity index (χ2n) is 4.63. The van der Waals surface area contributed by atoms with E-state index >= 15 is 0 Å². The van der Waals surface area contributed by atoms with Crippen molar-refractivity contribution in [2.45, 2.75) is 5.92 Å². The minimum Gasteiger partial charge on any atom is -0.384 e. The maximum absolute atomic E-state index is 12.4. The lowest BCUT2D eigenvalue weighted by Crippen LogP contribution is -2.51. The second-order valence-corrected chi connectivity index (χ2v) is 4.63. The van der Waals surface area contributed by atoms with Gasteiger partial charge in [-0.1, -0.05) is 18.2 Å². The Hall–Kier alpha value is -2.04. The zero-order chi connectivity index (χ0) is 12.5. The maximum Gasteiger partial charge on any atom is 0.239 e. The molecule has 0 radical (unpaired) electrons. The number of benzene rings is 1. The molecule has 0 spiro atoms. The highest BCUT2D eigenvalue weighted by atomic mass is 16.2. The highest BCUT2D eigenvalue weighted by molar-refractivity contribution is 5.92. The molecule has 5 heteroatoms. The maximum atomic E-state index is 12.4. The van der Waals surface area contributed by atoms with Gasteiger partial charge in [0.05, 0.1) is 12.5 Å². The SMILES string of the molecule is O=C1CN(C(=O)C2CNc3ccccc32)CCN1. The molecule has 18 heavy (non-hydrogen) atoms. The van der Waals surface area contributed by atoms with Crippen LogP contribution in [-0.2, 0) is 9.59 Å². The van der Waals surface area contributed by atoms with E-state index in [1.807, 2.05) is 24.3 Å². The Kier molecular flexibility index (Phi) is 2.66. The number of hydrogen-bond acceptors (Lipinski definition) is 3. The lowest BCUT2D eigenvalue weighted by atomic mass is 9.99. The van der Waals surface area contributed by atoms with Gasteiger partial charge >= 0.3 is 0 Å². The minimum atomic E-state index is -0.160. The smallest absolute Gasteiger partial charge is 0.239 e. The summed E-state index contributed by atoms with van der Waals surface area (Å²) in [6, 6.07) is 7.84. The number of carbonyl (C=O) groups excluding carboxylic acids is 2. The van der Waals surface area contributed by atoms with Gasteiger partial charge in [0, 0.05) is 25.3 Å². The Labute approximate surface area is 105 Å². The average molecular weight is 245 g/mol. The van der Waals surface area contributed by atoms with Gasteiger partial charge in [0.2, 0.25) is 11.8 Å². The Bertz CT molecular complexity index is 501. The molecule has 2 amide bonds. The Morgan fingerprint density at radius 1 is 1.28 bits per heavy atom. The Morgan fingerprint density at radius 3 is 2.94 bits per heavy atom. The number of rotatable bonds is 1. The molecule has 0 aromatic heterocycles. The summed E-state index contributed by atoms with van der Waals surface area (Å²) in [6.07, 6.45) is 0. The van der Waals surface area contributed by atoms with Gasteiger partial charge in [0.25, 0.3) is 0 Å². The highest BCUT2D eigenvalue weighted by Crippen LogP contribution is 2.32. The molecule has 2 heterocycles. The van der Waals surface area contributed by atoms with Crippen molar-refractivity contribution < 1.29 is 9.59 Å². The first-order chi connectivity index (χ1) is 8.75. The van der Waals surface area contributed by atoms with Crippen LogP contribution >= 0.6 is 0 Å². The molecule has 0 saturated carbocycles. The summed E-state index contributed by atoms with van der Waals surface area (Å²) in [5.41, 5.74) is 2.06. The molecule has 0 bridgehead atoms. The van der Waals surface area contributed by atoms with E-state index in [4.69, 9.17) is 0 Å². The summed E-state index contributed by atoms with van der Waals surface area (Å²) in [5, 5.41) is 5.96. The molecule has 1 aromatic carbocycles. The van der Waals surface area contributed by atoms with Crippen LogP contribution in [0.15, 0.2) is 24.3 Å². The first-order valence-electron chi connectivity index (χ1n) is 6.14. The molecule has 2 aliphatic heterocycles. The summed E-state index contributed by atoms with van der Waals surface area (Å²) in [5.74, 6) is -0.191. The van der Waals surface area contributed by atoms with Crippen LogP contribution in [0.2, 0.25) is 0 Å². The molecule has 5 nitrogen and oxygen atoms in total. The number of anilines is 1. The van der Waals surface area contributed by atoms with Gasteiger partial charge in [-0.3, -0.25) is 9.59 Å². The molecule has 0 aliphatic carbocycles. The number of amides is 2. The standard InChI is InChI=1S/C13H15N3O2/c17-12-8-16(6-5-14-12)13(18)10-7-15-11-4-2-1-3-9(10)11/h1-4,10,15H,5-8H2,(H,14,17). The fourth-order valence-corrected chi connectivity index (χ4v) is 2.55. The quantitative estimate of drug-likeness (QED) is 0.740. The summed E-state index contributed by atoms with van der Waals surface area (Å²) >= 11 is 0. The third-order valence-corrected chi connectivity index (χ3v) is 3.48. The van der Waals surface area contributed by atoms with Crippen LogP contribution in [-0.4, -0.2) is 42.9 Å². The monoisotopic (exact) mass is 245 g/mol. The van der Waals surface area contributed by atoms with Crippen molar-refractivity contribution >= 4 is 17.5 Å². The van der Waals surface area contributed by atoms with E-state index in [-0.39, 0.29) is 24.3 Å². The number of fused-ring (bicyclic) bond motifs is 1. The first kappa shape index (κ1) is 11.1. The third kappa shape index (κ3) is 1.81. The molecule has 3 rings (SSSR count). The Morgan fingerprint density at radius 2 is 2.11 bits per heavy atom. The molecular weight excluding hydrogens is 230 g/mol. The lowest BCUT2D eigenvalue weighted by molar-refractivity contribution is -0.139. The minimum absolute atomic E-state index is 0.0438. The van der Waals surface area contributed by atoms with Crippen LogP contribution in [0.4, 0.5) is 5.69 Å². The van der Waals surface area contributed by atoms with E-state index in [0.717, 1.165) is 11.3 Å². The van der Waals surface area contributed by atoms with E-state index in [2.05, 4.69) is 10.6 Å². The predicted octanol–water partition coefficient (Wildman–Crippen LogP) is 0.154. The number of hydrogen-bond donors (Lipinski definition) is 2. The summed E-state index contributed by atoms with van der Waals surface area (Å²) < 4.78 is 0. The van der Waals surface area contributed by atoms with E-state index in [9.17, 15) is 9.59 Å². The fourth-order valence-electron chi connectivity index (χ4n) is 2.55. The van der Waals surface area contributed by atoms with Crippen molar-refractivity contribution in [2.75, 3.05) is 31.5 Å². The average Bonchev–Trinajstić information content (AvgIpc) is 2.82. The molecule has 94 valence electrons. The lowest BCUT2D eigenvalue weighted by Gasteiger charge is -2.28. The van der Waals surface area contributed by atoms with Crippen molar-refractivity contribution in [3.05, 3.63) is 29.8 Å². The van der Waals surface area contributed by atoms with Crippen molar-refractivity contribution in [1.29, 1.82) is 0 Å². The zero-order valence-electron chi connectivity index (χ0n) is 9.98. The number of para-hydroxylation sites is 1. The number of nitrogens with zero attached hydrogens (tertiary/aromatic N) is 1. The summed E-state index contributed by atoms with van der Waals surface area (Å²) in [4.78, 5) is 25.4. The number of nitrogens with one attached hydrogen (secondary N) is 2. The van der Waals surface area contributed by atoms with Crippen LogP contribution < -0.4 is 10.6 Å². The van der Waals surface area contributed by atoms with Crippen molar-refractivity contribution in [3.8, 4) is 0 Å².